The highest BCUT2D eigenvalue weighted by molar-refractivity contribution is 7.11. The normalized spacial score (nSPS) is 13.6. The second kappa shape index (κ2) is 8.61. The second-order valence-corrected chi connectivity index (χ2v) is 8.14. The Kier molecular flexibility index (Phi) is 5.33. The van der Waals surface area contributed by atoms with Crippen LogP contribution in [0.15, 0.2) is 78.2 Å². The number of nitriles is 1. The zero-order valence-corrected chi connectivity index (χ0v) is 18.2. The molecular formula is C25H14N4O4S. The van der Waals surface area contributed by atoms with Crippen molar-refractivity contribution in [3.8, 4) is 28.8 Å². The van der Waals surface area contributed by atoms with Gasteiger partial charge in [0.2, 0.25) is 0 Å². The summed E-state index contributed by atoms with van der Waals surface area (Å²) < 4.78 is 5.81. The number of allylic oxidation sites excluding steroid dienone is 1. The van der Waals surface area contributed by atoms with Crippen LogP contribution < -0.4 is 10.1 Å². The van der Waals surface area contributed by atoms with E-state index in [4.69, 9.17) is 4.74 Å². The standard InChI is InChI=1S/C25H14N4O4S/c26-13-20(23-19-12-16(29(31)32)8-11-21(19)27-24(23)30)25-28-22(14-34-25)15-6-9-18(10-7-15)33-17-4-2-1-3-5-17/h1-12,14H,(H,27,30)/b23-20-. The number of amides is 1. The van der Waals surface area contributed by atoms with Gasteiger partial charge in [-0.2, -0.15) is 5.26 Å². The summed E-state index contributed by atoms with van der Waals surface area (Å²) in [6.45, 7) is 0. The van der Waals surface area contributed by atoms with E-state index in [0.717, 1.165) is 11.3 Å². The van der Waals surface area contributed by atoms with Crippen molar-refractivity contribution >= 4 is 39.8 Å². The van der Waals surface area contributed by atoms with E-state index < -0.39 is 10.8 Å². The highest BCUT2D eigenvalue weighted by Crippen LogP contribution is 2.40. The first-order chi connectivity index (χ1) is 16.5. The van der Waals surface area contributed by atoms with Gasteiger partial charge < -0.3 is 10.1 Å². The molecule has 34 heavy (non-hydrogen) atoms. The van der Waals surface area contributed by atoms with Gasteiger partial charge in [-0.05, 0) is 42.5 Å². The number of nitro groups is 1. The number of hydrogen-bond donors (Lipinski definition) is 1. The zero-order chi connectivity index (χ0) is 23.7. The van der Waals surface area contributed by atoms with E-state index in [9.17, 15) is 20.2 Å². The number of aromatic nitrogens is 1. The van der Waals surface area contributed by atoms with E-state index in [-0.39, 0.29) is 16.8 Å². The number of anilines is 1. The summed E-state index contributed by atoms with van der Waals surface area (Å²) in [4.78, 5) is 27.8. The summed E-state index contributed by atoms with van der Waals surface area (Å²) in [6.07, 6.45) is 0. The maximum Gasteiger partial charge on any atom is 0.270 e. The molecule has 0 fully saturated rings. The lowest BCUT2D eigenvalue weighted by Gasteiger charge is -2.05. The van der Waals surface area contributed by atoms with Crippen molar-refractivity contribution < 1.29 is 14.5 Å². The van der Waals surface area contributed by atoms with E-state index in [1.54, 1.807) is 5.38 Å². The second-order valence-electron chi connectivity index (χ2n) is 7.28. The van der Waals surface area contributed by atoms with Crippen LogP contribution in [0.5, 0.6) is 11.5 Å². The lowest BCUT2D eigenvalue weighted by atomic mass is 10.0. The van der Waals surface area contributed by atoms with E-state index in [1.807, 2.05) is 54.6 Å². The summed E-state index contributed by atoms with van der Waals surface area (Å²) in [5.41, 5.74) is 2.17. The Morgan fingerprint density at radius 2 is 1.79 bits per heavy atom. The highest BCUT2D eigenvalue weighted by Gasteiger charge is 2.31. The van der Waals surface area contributed by atoms with Crippen molar-refractivity contribution in [1.29, 1.82) is 5.26 Å². The Morgan fingerprint density at radius 1 is 1.06 bits per heavy atom. The van der Waals surface area contributed by atoms with Crippen molar-refractivity contribution in [1.82, 2.24) is 4.98 Å². The molecule has 1 aliphatic heterocycles. The largest absolute Gasteiger partial charge is 0.457 e. The Bertz CT molecular complexity index is 1500. The molecule has 9 heteroatoms. The summed E-state index contributed by atoms with van der Waals surface area (Å²) in [5.74, 6) is 0.907. The first-order valence-electron chi connectivity index (χ1n) is 10.1. The van der Waals surface area contributed by atoms with Crippen molar-refractivity contribution in [2.75, 3.05) is 5.32 Å². The lowest BCUT2D eigenvalue weighted by Crippen LogP contribution is -2.05. The van der Waals surface area contributed by atoms with E-state index >= 15 is 0 Å². The molecule has 5 rings (SSSR count). The van der Waals surface area contributed by atoms with Gasteiger partial charge in [-0.3, -0.25) is 14.9 Å². The number of rotatable bonds is 5. The molecule has 3 aromatic carbocycles. The third-order valence-electron chi connectivity index (χ3n) is 5.17. The molecule has 0 unspecified atom stereocenters. The number of thiazole rings is 1. The molecule has 4 aromatic rings. The van der Waals surface area contributed by atoms with Gasteiger partial charge >= 0.3 is 0 Å². The molecular weight excluding hydrogens is 452 g/mol. The van der Waals surface area contributed by atoms with Crippen LogP contribution in [0.2, 0.25) is 0 Å². The summed E-state index contributed by atoms with van der Waals surface area (Å²) in [7, 11) is 0. The van der Waals surface area contributed by atoms with Crippen LogP contribution in [-0.2, 0) is 4.79 Å². The van der Waals surface area contributed by atoms with Gasteiger partial charge in [0.25, 0.3) is 11.6 Å². The van der Waals surface area contributed by atoms with Crippen LogP contribution in [0.1, 0.15) is 10.6 Å². The number of fused-ring (bicyclic) bond motifs is 1. The summed E-state index contributed by atoms with van der Waals surface area (Å²) >= 11 is 1.22. The molecule has 0 atom stereocenters. The lowest BCUT2D eigenvalue weighted by molar-refractivity contribution is -0.384. The Hall–Kier alpha value is -4.81. The molecule has 164 valence electrons. The third kappa shape index (κ3) is 3.90. The average molecular weight is 466 g/mol. The number of para-hydroxylation sites is 1. The van der Waals surface area contributed by atoms with E-state index in [0.29, 0.717) is 27.7 Å². The molecule has 1 N–H and O–H groups in total. The SMILES string of the molecule is N#C/C(=C1/C(=O)Nc2ccc([N+](=O)[O-])cc21)c1nc(-c2ccc(Oc3ccccc3)cc2)cs1. The molecule has 1 aromatic heterocycles. The minimum absolute atomic E-state index is 0.0667. The number of carbonyl (C=O) groups excluding carboxylic acids is 1. The molecule has 2 heterocycles. The van der Waals surface area contributed by atoms with E-state index in [1.165, 1.54) is 29.5 Å². The molecule has 1 aliphatic rings. The van der Waals surface area contributed by atoms with Crippen LogP contribution in [0.3, 0.4) is 0 Å². The molecule has 0 aliphatic carbocycles. The van der Waals surface area contributed by atoms with Gasteiger partial charge in [-0.25, -0.2) is 4.98 Å². The topological polar surface area (TPSA) is 118 Å². The number of nitrogens with one attached hydrogen (secondary N) is 1. The van der Waals surface area contributed by atoms with Gasteiger partial charge in [0.05, 0.1) is 16.2 Å². The number of ether oxygens (including phenoxy) is 1. The number of nitro benzene ring substituents is 1. The average Bonchev–Trinajstić information content (AvgIpc) is 3.46. The maximum atomic E-state index is 12.6. The fraction of sp³-hybridized carbons (Fsp3) is 0. The van der Waals surface area contributed by atoms with Crippen LogP contribution in [0.4, 0.5) is 11.4 Å². The van der Waals surface area contributed by atoms with Crippen LogP contribution in [0, 0.1) is 21.4 Å². The number of non-ortho nitro benzene ring substituents is 1. The van der Waals surface area contributed by atoms with Gasteiger partial charge in [0.1, 0.15) is 28.1 Å². The number of benzene rings is 3. The predicted molar refractivity (Wildman–Crippen MR) is 128 cm³/mol. The summed E-state index contributed by atoms with van der Waals surface area (Å²) in [6, 6.07) is 22.9. The van der Waals surface area contributed by atoms with Gasteiger partial charge in [0.15, 0.2) is 0 Å². The fourth-order valence-corrected chi connectivity index (χ4v) is 4.40. The first kappa shape index (κ1) is 21.1. The molecule has 1 amide bonds. The number of nitrogens with zero attached hydrogens (tertiary/aromatic N) is 3. The van der Waals surface area contributed by atoms with Crippen LogP contribution in [-0.4, -0.2) is 15.8 Å². The third-order valence-corrected chi connectivity index (χ3v) is 6.03. The predicted octanol–water partition coefficient (Wildman–Crippen LogP) is 5.90. The van der Waals surface area contributed by atoms with Crippen molar-refractivity contribution in [2.24, 2.45) is 0 Å². The first-order valence-corrected chi connectivity index (χ1v) is 11.0. The molecule has 0 radical (unpaired) electrons. The monoisotopic (exact) mass is 466 g/mol. The zero-order valence-electron chi connectivity index (χ0n) is 17.4. The van der Waals surface area contributed by atoms with Crippen molar-refractivity contribution in [2.45, 2.75) is 0 Å². The highest BCUT2D eigenvalue weighted by atomic mass is 32.1. The van der Waals surface area contributed by atoms with Crippen molar-refractivity contribution in [3.05, 3.63) is 98.9 Å². The quantitative estimate of drug-likeness (QED) is 0.169. The van der Waals surface area contributed by atoms with Crippen molar-refractivity contribution in [3.63, 3.8) is 0 Å². The van der Waals surface area contributed by atoms with Gasteiger partial charge in [-0.15, -0.1) is 11.3 Å². The molecule has 8 nitrogen and oxygen atoms in total. The molecule has 0 saturated carbocycles. The fourth-order valence-electron chi connectivity index (χ4n) is 3.57. The molecule has 0 bridgehead atoms. The number of carbonyl (C=O) groups is 1. The van der Waals surface area contributed by atoms with Gasteiger partial charge in [0, 0.05) is 34.3 Å². The Labute approximate surface area is 197 Å². The maximum absolute atomic E-state index is 12.6. The van der Waals surface area contributed by atoms with Crippen LogP contribution >= 0.6 is 11.3 Å². The minimum atomic E-state index is -0.542. The Balaban J connectivity index is 1.47. The van der Waals surface area contributed by atoms with E-state index in [2.05, 4.69) is 16.4 Å². The summed E-state index contributed by atoms with van der Waals surface area (Å²) in [5, 5.41) is 25.8. The molecule has 0 saturated heterocycles. The smallest absolute Gasteiger partial charge is 0.270 e. The number of hydrogen-bond acceptors (Lipinski definition) is 7. The Morgan fingerprint density at radius 3 is 2.50 bits per heavy atom. The van der Waals surface area contributed by atoms with Gasteiger partial charge in [-0.1, -0.05) is 18.2 Å². The molecule has 0 spiro atoms. The minimum Gasteiger partial charge on any atom is -0.457 e. The van der Waals surface area contributed by atoms with Crippen LogP contribution in [0.25, 0.3) is 22.4 Å².